The number of benzene rings is 1. The van der Waals surface area contributed by atoms with Crippen molar-refractivity contribution in [2.75, 3.05) is 19.6 Å². The Kier molecular flexibility index (Phi) is 6.66. The minimum absolute atomic E-state index is 0.00283. The molecule has 0 aromatic heterocycles. The number of nitrogens with zero attached hydrogens (tertiary/aromatic N) is 1. The van der Waals surface area contributed by atoms with Crippen molar-refractivity contribution in [1.82, 2.24) is 10.2 Å². The van der Waals surface area contributed by atoms with E-state index in [0.29, 0.717) is 19.4 Å². The lowest BCUT2D eigenvalue weighted by Crippen LogP contribution is -2.49. The maximum atomic E-state index is 14.7. The van der Waals surface area contributed by atoms with Crippen molar-refractivity contribution >= 4 is 5.91 Å². The molecule has 2 fully saturated rings. The van der Waals surface area contributed by atoms with Gasteiger partial charge in [-0.25, -0.2) is 13.2 Å². The lowest BCUT2D eigenvalue weighted by molar-refractivity contribution is -0.192. The SMILES string of the molecule is N[C@H](Cc1cc(F)ccc1F)C(F)CN1CCCC1CNC(=O)C1(C(F)(F)F)CC1. The second-order valence-electron chi connectivity index (χ2n) is 8.20. The number of nitrogens with two attached hydrogens (primary N) is 1. The van der Waals surface area contributed by atoms with Crippen molar-refractivity contribution in [2.24, 2.45) is 11.1 Å². The molecule has 10 heteroatoms. The van der Waals surface area contributed by atoms with Crippen molar-refractivity contribution in [1.29, 1.82) is 0 Å². The maximum Gasteiger partial charge on any atom is 0.403 e. The number of carbonyl (C=O) groups excluding carboxylic acids is 1. The van der Waals surface area contributed by atoms with Crippen molar-refractivity contribution < 1.29 is 31.1 Å². The number of nitrogens with one attached hydrogen (secondary N) is 1. The molecule has 1 amide bonds. The molecule has 168 valence electrons. The molecule has 3 N–H and O–H groups in total. The number of alkyl halides is 4. The van der Waals surface area contributed by atoms with E-state index in [1.165, 1.54) is 0 Å². The Labute approximate surface area is 170 Å². The monoisotopic (exact) mass is 437 g/mol. The van der Waals surface area contributed by atoms with Gasteiger partial charge in [-0.3, -0.25) is 9.69 Å². The van der Waals surface area contributed by atoms with E-state index in [0.717, 1.165) is 18.2 Å². The van der Waals surface area contributed by atoms with Crippen LogP contribution in [0, 0.1) is 17.0 Å². The van der Waals surface area contributed by atoms with Gasteiger partial charge in [-0.1, -0.05) is 0 Å². The molecule has 1 aliphatic carbocycles. The van der Waals surface area contributed by atoms with Crippen molar-refractivity contribution in [3.8, 4) is 0 Å². The predicted molar refractivity (Wildman–Crippen MR) is 98.3 cm³/mol. The normalized spacial score (nSPS) is 23.2. The van der Waals surface area contributed by atoms with E-state index in [-0.39, 0.29) is 44.0 Å². The summed E-state index contributed by atoms with van der Waals surface area (Å²) in [6.45, 7) is 0.423. The molecule has 30 heavy (non-hydrogen) atoms. The summed E-state index contributed by atoms with van der Waals surface area (Å²) in [7, 11) is 0. The Morgan fingerprint density at radius 2 is 2.00 bits per heavy atom. The van der Waals surface area contributed by atoms with Crippen LogP contribution in [0.2, 0.25) is 0 Å². The van der Waals surface area contributed by atoms with E-state index in [1.807, 2.05) is 0 Å². The zero-order valence-corrected chi connectivity index (χ0v) is 16.3. The van der Waals surface area contributed by atoms with E-state index < -0.39 is 41.3 Å². The standard InChI is InChI=1S/C20H25F6N3O/c21-13-3-4-15(22)12(8-13)9-17(27)16(23)11-29-7-1-2-14(29)10-28-18(30)19(5-6-19)20(24,25)26/h3-4,8,14,16-17H,1-2,5-7,9-11,27H2,(H,28,30)/t14?,16?,17-/m1/s1. The summed E-state index contributed by atoms with van der Waals surface area (Å²) in [5, 5.41) is 2.37. The number of hydrogen-bond acceptors (Lipinski definition) is 3. The van der Waals surface area contributed by atoms with Gasteiger partial charge in [0.1, 0.15) is 23.2 Å². The van der Waals surface area contributed by atoms with Crippen molar-refractivity contribution in [2.45, 2.75) is 56.5 Å². The molecule has 0 spiro atoms. The number of amides is 1. The Morgan fingerprint density at radius 3 is 2.63 bits per heavy atom. The highest BCUT2D eigenvalue weighted by molar-refractivity contribution is 5.86. The first-order chi connectivity index (χ1) is 14.0. The van der Waals surface area contributed by atoms with Gasteiger partial charge in [0.2, 0.25) is 5.91 Å². The lowest BCUT2D eigenvalue weighted by Gasteiger charge is -2.29. The first-order valence-corrected chi connectivity index (χ1v) is 9.96. The summed E-state index contributed by atoms with van der Waals surface area (Å²) < 4.78 is 80.8. The van der Waals surface area contributed by atoms with Gasteiger partial charge in [-0.05, 0) is 62.4 Å². The highest BCUT2D eigenvalue weighted by Gasteiger charge is 2.68. The van der Waals surface area contributed by atoms with Gasteiger partial charge >= 0.3 is 6.18 Å². The van der Waals surface area contributed by atoms with Crippen LogP contribution in [0.4, 0.5) is 26.3 Å². The summed E-state index contributed by atoms with van der Waals surface area (Å²) in [6, 6.07) is 1.53. The van der Waals surface area contributed by atoms with Crippen LogP contribution in [0.3, 0.4) is 0 Å². The molecule has 1 aromatic rings. The summed E-state index contributed by atoms with van der Waals surface area (Å²) in [5.41, 5.74) is 3.54. The van der Waals surface area contributed by atoms with Crippen molar-refractivity contribution in [3.05, 3.63) is 35.4 Å². The van der Waals surface area contributed by atoms with Gasteiger partial charge < -0.3 is 11.1 Å². The molecular weight excluding hydrogens is 412 g/mol. The third-order valence-electron chi connectivity index (χ3n) is 6.06. The highest BCUT2D eigenvalue weighted by Crippen LogP contribution is 2.57. The fourth-order valence-corrected chi connectivity index (χ4v) is 3.95. The maximum absolute atomic E-state index is 14.7. The van der Waals surface area contributed by atoms with Gasteiger partial charge in [0, 0.05) is 25.2 Å². The molecule has 1 saturated heterocycles. The van der Waals surface area contributed by atoms with E-state index in [9.17, 15) is 31.1 Å². The van der Waals surface area contributed by atoms with E-state index in [1.54, 1.807) is 4.90 Å². The van der Waals surface area contributed by atoms with Gasteiger partial charge in [-0.2, -0.15) is 13.2 Å². The molecule has 3 rings (SSSR count). The third kappa shape index (κ3) is 4.91. The summed E-state index contributed by atoms with van der Waals surface area (Å²) in [4.78, 5) is 13.8. The minimum Gasteiger partial charge on any atom is -0.354 e. The molecule has 4 nitrogen and oxygen atoms in total. The summed E-state index contributed by atoms with van der Waals surface area (Å²) in [6.07, 6.45) is -5.41. The first kappa shape index (κ1) is 22.9. The molecule has 1 saturated carbocycles. The number of rotatable bonds is 8. The number of halogens is 6. The average molecular weight is 437 g/mol. The van der Waals surface area contributed by atoms with Gasteiger partial charge in [0.15, 0.2) is 0 Å². The molecule has 1 aromatic carbocycles. The molecule has 3 atom stereocenters. The second kappa shape index (κ2) is 8.74. The number of carbonyl (C=O) groups is 1. The van der Waals surface area contributed by atoms with E-state index in [4.69, 9.17) is 5.73 Å². The van der Waals surface area contributed by atoms with E-state index >= 15 is 0 Å². The van der Waals surface area contributed by atoms with Gasteiger partial charge in [0.25, 0.3) is 0 Å². The number of hydrogen-bond donors (Lipinski definition) is 2. The highest BCUT2D eigenvalue weighted by atomic mass is 19.4. The zero-order valence-electron chi connectivity index (χ0n) is 16.3. The fraction of sp³-hybridized carbons (Fsp3) is 0.650. The molecule has 2 aliphatic rings. The lowest BCUT2D eigenvalue weighted by atomic mass is 10.0. The van der Waals surface area contributed by atoms with Crippen LogP contribution in [0.5, 0.6) is 0 Å². The molecule has 1 heterocycles. The Bertz CT molecular complexity index is 767. The van der Waals surface area contributed by atoms with E-state index in [2.05, 4.69) is 5.32 Å². The van der Waals surface area contributed by atoms with Crippen LogP contribution in [-0.4, -0.2) is 54.9 Å². The molecule has 2 unspecified atom stereocenters. The predicted octanol–water partition coefficient (Wildman–Crippen LogP) is 3.10. The van der Waals surface area contributed by atoms with Crippen LogP contribution in [0.25, 0.3) is 0 Å². The quantitative estimate of drug-likeness (QED) is 0.615. The van der Waals surface area contributed by atoms with Crippen LogP contribution >= 0.6 is 0 Å². The smallest absolute Gasteiger partial charge is 0.354 e. The van der Waals surface area contributed by atoms with Crippen molar-refractivity contribution in [3.63, 3.8) is 0 Å². The molecule has 0 radical (unpaired) electrons. The second-order valence-corrected chi connectivity index (χ2v) is 8.20. The van der Waals surface area contributed by atoms with Gasteiger partial charge in [-0.15, -0.1) is 0 Å². The average Bonchev–Trinajstić information content (AvgIpc) is 3.39. The molecule has 0 bridgehead atoms. The Morgan fingerprint density at radius 1 is 1.30 bits per heavy atom. The third-order valence-corrected chi connectivity index (χ3v) is 6.06. The van der Waals surface area contributed by atoms with Crippen LogP contribution in [0.1, 0.15) is 31.2 Å². The zero-order chi connectivity index (χ0) is 22.1. The molecule has 1 aliphatic heterocycles. The minimum atomic E-state index is -4.57. The van der Waals surface area contributed by atoms with Crippen LogP contribution < -0.4 is 11.1 Å². The number of likely N-dealkylation sites (tertiary alicyclic amines) is 1. The van der Waals surface area contributed by atoms with Crippen LogP contribution in [-0.2, 0) is 11.2 Å². The first-order valence-electron chi connectivity index (χ1n) is 9.96. The van der Waals surface area contributed by atoms with Gasteiger partial charge in [0.05, 0.1) is 0 Å². The molecular formula is C20H25F6N3O. The van der Waals surface area contributed by atoms with Crippen LogP contribution in [0.15, 0.2) is 18.2 Å². The fourth-order valence-electron chi connectivity index (χ4n) is 3.95. The Hall–Kier alpha value is -1.81. The summed E-state index contributed by atoms with van der Waals surface area (Å²) in [5.74, 6) is -2.34. The topological polar surface area (TPSA) is 58.4 Å². The Balaban J connectivity index is 1.51. The summed E-state index contributed by atoms with van der Waals surface area (Å²) >= 11 is 0. The largest absolute Gasteiger partial charge is 0.403 e.